The summed E-state index contributed by atoms with van der Waals surface area (Å²) in [5, 5.41) is 2.93. The van der Waals surface area contributed by atoms with Gasteiger partial charge in [0.1, 0.15) is 5.82 Å². The third-order valence-electron chi connectivity index (χ3n) is 4.01. The Hall–Kier alpha value is -2.36. The van der Waals surface area contributed by atoms with Gasteiger partial charge in [-0.2, -0.15) is 0 Å². The Morgan fingerprint density at radius 1 is 1.17 bits per heavy atom. The zero-order valence-electron chi connectivity index (χ0n) is 13.6. The van der Waals surface area contributed by atoms with Crippen molar-refractivity contribution in [2.45, 2.75) is 32.1 Å². The molecule has 3 N–H and O–H groups in total. The summed E-state index contributed by atoms with van der Waals surface area (Å²) in [7, 11) is 0. The molecule has 2 aromatic rings. The number of carbonyl (C=O) groups excluding carboxylic acids is 1. The van der Waals surface area contributed by atoms with Crippen molar-refractivity contribution in [3.63, 3.8) is 0 Å². The summed E-state index contributed by atoms with van der Waals surface area (Å²) in [6.07, 6.45) is 0.992. The third kappa shape index (κ3) is 4.81. The van der Waals surface area contributed by atoms with Crippen LogP contribution >= 0.6 is 0 Å². The molecule has 0 saturated carbocycles. The van der Waals surface area contributed by atoms with Crippen molar-refractivity contribution in [3.8, 4) is 0 Å². The first-order valence-electron chi connectivity index (χ1n) is 7.74. The normalized spacial score (nSPS) is 11.3. The minimum atomic E-state index is -0.330. The Morgan fingerprint density at radius 3 is 2.61 bits per heavy atom. The van der Waals surface area contributed by atoms with E-state index in [1.165, 1.54) is 12.1 Å². The van der Waals surface area contributed by atoms with E-state index in [0.29, 0.717) is 25.1 Å². The molecule has 0 heterocycles. The van der Waals surface area contributed by atoms with E-state index in [9.17, 15) is 9.18 Å². The van der Waals surface area contributed by atoms with Crippen LogP contribution in [0.4, 0.5) is 10.1 Å². The maximum absolute atomic E-state index is 13.3. The fraction of sp³-hybridized carbons (Fsp3) is 0.316. The number of nitrogen functional groups attached to an aromatic ring is 1. The van der Waals surface area contributed by atoms with E-state index < -0.39 is 0 Å². The van der Waals surface area contributed by atoms with Crippen molar-refractivity contribution < 1.29 is 9.18 Å². The lowest BCUT2D eigenvalue weighted by molar-refractivity contribution is -0.121. The summed E-state index contributed by atoms with van der Waals surface area (Å²) in [5.41, 5.74) is 8.10. The van der Waals surface area contributed by atoms with Crippen LogP contribution in [0.25, 0.3) is 0 Å². The van der Waals surface area contributed by atoms with Crippen molar-refractivity contribution in [3.05, 3.63) is 65.5 Å². The van der Waals surface area contributed by atoms with Gasteiger partial charge in [0.2, 0.25) is 5.91 Å². The Balaban J connectivity index is 1.87. The molecule has 0 saturated heterocycles. The van der Waals surface area contributed by atoms with E-state index in [0.717, 1.165) is 11.1 Å². The van der Waals surface area contributed by atoms with Crippen LogP contribution in [-0.2, 0) is 16.6 Å². The van der Waals surface area contributed by atoms with Gasteiger partial charge >= 0.3 is 0 Å². The number of nitrogens with two attached hydrogens (primary N) is 1. The molecular formula is C19H23FN2O. The van der Waals surface area contributed by atoms with Crippen molar-refractivity contribution in [1.29, 1.82) is 0 Å². The number of carbonyl (C=O) groups is 1. The second-order valence-electron chi connectivity index (χ2n) is 6.37. The molecular weight excluding hydrogens is 291 g/mol. The van der Waals surface area contributed by atoms with Crippen molar-refractivity contribution in [2.75, 3.05) is 12.3 Å². The number of halogens is 1. The first kappa shape index (κ1) is 17.0. The molecule has 4 heteroatoms. The molecule has 3 nitrogen and oxygen atoms in total. The van der Waals surface area contributed by atoms with Gasteiger partial charge in [0, 0.05) is 24.1 Å². The minimum absolute atomic E-state index is 0.0299. The predicted molar refractivity (Wildman–Crippen MR) is 91.6 cm³/mol. The van der Waals surface area contributed by atoms with E-state index in [1.54, 1.807) is 6.07 Å². The number of rotatable bonds is 6. The number of aryl methyl sites for hydroxylation is 1. The number of anilines is 1. The molecule has 0 radical (unpaired) electrons. The molecule has 2 rings (SSSR count). The number of amides is 1. The maximum atomic E-state index is 13.3. The van der Waals surface area contributed by atoms with Gasteiger partial charge in [-0.3, -0.25) is 4.79 Å². The third-order valence-corrected chi connectivity index (χ3v) is 4.01. The van der Waals surface area contributed by atoms with Crippen LogP contribution in [-0.4, -0.2) is 12.5 Å². The van der Waals surface area contributed by atoms with Crippen LogP contribution < -0.4 is 11.1 Å². The summed E-state index contributed by atoms with van der Waals surface area (Å²) in [5.74, 6) is -0.292. The van der Waals surface area contributed by atoms with E-state index in [4.69, 9.17) is 5.73 Å². The fourth-order valence-electron chi connectivity index (χ4n) is 2.43. The molecule has 0 aliphatic rings. The fourth-order valence-corrected chi connectivity index (χ4v) is 2.43. The van der Waals surface area contributed by atoms with Gasteiger partial charge in [-0.25, -0.2) is 4.39 Å². The quantitative estimate of drug-likeness (QED) is 0.803. The van der Waals surface area contributed by atoms with E-state index in [2.05, 4.69) is 5.32 Å². The monoisotopic (exact) mass is 314 g/mol. The number of para-hydroxylation sites is 1. The van der Waals surface area contributed by atoms with Crippen LogP contribution in [0.1, 0.15) is 31.4 Å². The molecule has 1 amide bonds. The highest BCUT2D eigenvalue weighted by atomic mass is 19.1. The molecule has 0 aliphatic carbocycles. The molecule has 23 heavy (non-hydrogen) atoms. The molecule has 0 bridgehead atoms. The van der Waals surface area contributed by atoms with Crippen LogP contribution in [0.2, 0.25) is 0 Å². The lowest BCUT2D eigenvalue weighted by atomic mass is 9.84. The van der Waals surface area contributed by atoms with Crippen LogP contribution in [0, 0.1) is 5.82 Å². The number of nitrogens with one attached hydrogen (secondary N) is 1. The van der Waals surface area contributed by atoms with Gasteiger partial charge in [0.05, 0.1) is 0 Å². The highest BCUT2D eigenvalue weighted by molar-refractivity contribution is 5.76. The lowest BCUT2D eigenvalue weighted by Crippen LogP contribution is -2.36. The molecule has 2 aromatic carbocycles. The lowest BCUT2D eigenvalue weighted by Gasteiger charge is -2.25. The van der Waals surface area contributed by atoms with E-state index >= 15 is 0 Å². The van der Waals surface area contributed by atoms with Crippen molar-refractivity contribution >= 4 is 11.6 Å². The highest BCUT2D eigenvalue weighted by Gasteiger charge is 2.21. The van der Waals surface area contributed by atoms with Gasteiger partial charge in [0.15, 0.2) is 0 Å². The minimum Gasteiger partial charge on any atom is -0.399 e. The van der Waals surface area contributed by atoms with Crippen LogP contribution in [0.3, 0.4) is 0 Å². The second kappa shape index (κ2) is 7.27. The Labute approximate surface area is 136 Å². The zero-order chi connectivity index (χ0) is 16.9. The maximum Gasteiger partial charge on any atom is 0.220 e. The molecule has 0 fully saturated rings. The predicted octanol–water partition coefficient (Wildman–Crippen LogP) is 3.43. The molecule has 0 atom stereocenters. The van der Waals surface area contributed by atoms with E-state index in [1.807, 2.05) is 44.2 Å². The Kier molecular flexibility index (Phi) is 5.37. The smallest absolute Gasteiger partial charge is 0.220 e. The van der Waals surface area contributed by atoms with Gasteiger partial charge < -0.3 is 11.1 Å². The molecule has 122 valence electrons. The van der Waals surface area contributed by atoms with Crippen LogP contribution in [0.5, 0.6) is 0 Å². The Morgan fingerprint density at radius 2 is 1.91 bits per heavy atom. The average molecular weight is 314 g/mol. The highest BCUT2D eigenvalue weighted by Crippen LogP contribution is 2.23. The van der Waals surface area contributed by atoms with Gasteiger partial charge in [-0.05, 0) is 35.7 Å². The summed E-state index contributed by atoms with van der Waals surface area (Å²) in [4.78, 5) is 12.0. The van der Waals surface area contributed by atoms with E-state index in [-0.39, 0.29) is 17.1 Å². The van der Waals surface area contributed by atoms with Crippen molar-refractivity contribution in [1.82, 2.24) is 5.32 Å². The first-order valence-corrected chi connectivity index (χ1v) is 7.74. The zero-order valence-corrected chi connectivity index (χ0v) is 13.6. The number of hydrogen-bond donors (Lipinski definition) is 2. The largest absolute Gasteiger partial charge is 0.399 e. The molecule has 0 unspecified atom stereocenters. The topological polar surface area (TPSA) is 55.1 Å². The summed E-state index contributed by atoms with van der Waals surface area (Å²) in [6.45, 7) is 4.42. The van der Waals surface area contributed by atoms with Gasteiger partial charge in [0.25, 0.3) is 0 Å². The first-order chi connectivity index (χ1) is 10.9. The summed E-state index contributed by atoms with van der Waals surface area (Å²) < 4.78 is 13.3. The summed E-state index contributed by atoms with van der Waals surface area (Å²) in [6, 6.07) is 14.0. The molecule has 0 aromatic heterocycles. The van der Waals surface area contributed by atoms with Gasteiger partial charge in [-0.1, -0.05) is 44.2 Å². The molecule has 0 spiro atoms. The van der Waals surface area contributed by atoms with Crippen LogP contribution in [0.15, 0.2) is 48.5 Å². The average Bonchev–Trinajstić information content (AvgIpc) is 2.52. The van der Waals surface area contributed by atoms with Gasteiger partial charge in [-0.15, -0.1) is 0 Å². The number of benzene rings is 2. The standard InChI is InChI=1S/C19H23FN2O/c1-19(2,15-7-5-8-16(20)12-15)13-22-18(23)11-10-14-6-3-4-9-17(14)21/h3-9,12H,10-11,13,21H2,1-2H3,(H,22,23). The molecule has 0 aliphatic heterocycles. The number of hydrogen-bond acceptors (Lipinski definition) is 2. The SMILES string of the molecule is CC(C)(CNC(=O)CCc1ccccc1N)c1cccc(F)c1. The Bertz CT molecular complexity index is 683. The second-order valence-corrected chi connectivity index (χ2v) is 6.37. The summed E-state index contributed by atoms with van der Waals surface area (Å²) >= 11 is 0. The van der Waals surface area contributed by atoms with Crippen molar-refractivity contribution in [2.24, 2.45) is 0 Å².